The minimum Gasteiger partial charge on any atom is -0.350 e. The summed E-state index contributed by atoms with van der Waals surface area (Å²) in [6.07, 6.45) is 7.20. The second-order valence-electron chi connectivity index (χ2n) is 3.34. The van der Waals surface area contributed by atoms with Crippen LogP contribution in [0.15, 0.2) is 16.8 Å². The van der Waals surface area contributed by atoms with Crippen LogP contribution in [-0.2, 0) is 0 Å². The van der Waals surface area contributed by atoms with Gasteiger partial charge in [0.05, 0.1) is 0 Å². The first kappa shape index (κ1) is 9.77. The summed E-state index contributed by atoms with van der Waals surface area (Å²) in [6, 6.07) is -0.612. The summed E-state index contributed by atoms with van der Waals surface area (Å²) in [4.78, 5) is 10.3. The molecule has 1 atom stereocenters. The highest BCUT2D eigenvalue weighted by Gasteiger charge is 2.09. The molecule has 0 heterocycles. The Hall–Kier alpha value is -1.32. The van der Waals surface area contributed by atoms with Crippen molar-refractivity contribution in [1.82, 2.24) is 5.43 Å². The molecule has 72 valence electrons. The van der Waals surface area contributed by atoms with Gasteiger partial charge in [-0.1, -0.05) is 11.6 Å². The molecular formula is C9H15N3O. The number of allylic oxidation sites excluding steroid dienone is 2. The molecule has 0 aromatic heterocycles. The summed E-state index contributed by atoms with van der Waals surface area (Å²) >= 11 is 0. The Morgan fingerprint density at radius 3 is 3.15 bits per heavy atom. The largest absolute Gasteiger partial charge is 0.350 e. The number of nitrogens with zero attached hydrogens (tertiary/aromatic N) is 1. The Morgan fingerprint density at radius 1 is 1.85 bits per heavy atom. The Balaban J connectivity index is 2.31. The van der Waals surface area contributed by atoms with Crippen molar-refractivity contribution in [3.63, 3.8) is 0 Å². The van der Waals surface area contributed by atoms with Crippen molar-refractivity contribution in [3.8, 4) is 0 Å². The third kappa shape index (κ3) is 3.73. The number of hydrazone groups is 1. The van der Waals surface area contributed by atoms with Gasteiger partial charge in [-0.05, 0) is 32.1 Å². The number of carbonyl (C=O) groups is 1. The highest BCUT2D eigenvalue weighted by molar-refractivity contribution is 5.73. The number of carbonyl (C=O) groups excluding carboxylic acids is 1. The van der Waals surface area contributed by atoms with Crippen LogP contribution in [0.5, 0.6) is 0 Å². The van der Waals surface area contributed by atoms with Crippen molar-refractivity contribution in [1.29, 1.82) is 0 Å². The van der Waals surface area contributed by atoms with E-state index in [1.54, 1.807) is 6.21 Å². The average Bonchev–Trinajstić information content (AvgIpc) is 2.08. The van der Waals surface area contributed by atoms with E-state index in [0.717, 1.165) is 19.3 Å². The van der Waals surface area contributed by atoms with E-state index in [1.165, 1.54) is 5.57 Å². The summed E-state index contributed by atoms with van der Waals surface area (Å²) < 4.78 is 0. The predicted molar refractivity (Wildman–Crippen MR) is 52.3 cm³/mol. The van der Waals surface area contributed by atoms with Gasteiger partial charge in [0.1, 0.15) is 0 Å². The number of primary amides is 1. The molecule has 0 spiro atoms. The van der Waals surface area contributed by atoms with Crippen LogP contribution in [0.4, 0.5) is 4.79 Å². The zero-order chi connectivity index (χ0) is 9.68. The maximum Gasteiger partial charge on any atom is 0.332 e. The molecule has 13 heavy (non-hydrogen) atoms. The second kappa shape index (κ2) is 4.64. The summed E-state index contributed by atoms with van der Waals surface area (Å²) in [5.41, 5.74) is 8.48. The monoisotopic (exact) mass is 181 g/mol. The molecule has 3 N–H and O–H groups in total. The summed E-state index contributed by atoms with van der Waals surface area (Å²) in [5.74, 6) is 0.440. The predicted octanol–water partition coefficient (Wildman–Crippen LogP) is 1.39. The quantitative estimate of drug-likeness (QED) is 0.377. The minimum absolute atomic E-state index is 0.440. The van der Waals surface area contributed by atoms with Crippen molar-refractivity contribution in [2.45, 2.75) is 26.2 Å². The first-order valence-corrected chi connectivity index (χ1v) is 4.42. The topological polar surface area (TPSA) is 67.5 Å². The van der Waals surface area contributed by atoms with Gasteiger partial charge in [0.2, 0.25) is 0 Å². The molecule has 1 aliphatic rings. The fourth-order valence-electron chi connectivity index (χ4n) is 1.33. The van der Waals surface area contributed by atoms with E-state index >= 15 is 0 Å². The number of nitrogens with two attached hydrogens (primary N) is 1. The Bertz CT molecular complexity index is 245. The van der Waals surface area contributed by atoms with Crippen LogP contribution in [-0.4, -0.2) is 12.2 Å². The molecule has 4 heteroatoms. The van der Waals surface area contributed by atoms with Crippen molar-refractivity contribution < 1.29 is 4.79 Å². The van der Waals surface area contributed by atoms with Crippen LogP contribution >= 0.6 is 0 Å². The van der Waals surface area contributed by atoms with E-state index in [2.05, 4.69) is 23.5 Å². The van der Waals surface area contributed by atoms with E-state index in [9.17, 15) is 4.79 Å². The van der Waals surface area contributed by atoms with E-state index < -0.39 is 6.03 Å². The molecule has 1 unspecified atom stereocenters. The molecule has 0 bridgehead atoms. The van der Waals surface area contributed by atoms with Crippen LogP contribution in [0.25, 0.3) is 0 Å². The van der Waals surface area contributed by atoms with Crippen LogP contribution < -0.4 is 11.2 Å². The van der Waals surface area contributed by atoms with E-state index in [0.29, 0.717) is 5.92 Å². The Kier molecular flexibility index (Phi) is 3.49. The average molecular weight is 181 g/mol. The minimum atomic E-state index is -0.612. The van der Waals surface area contributed by atoms with Crippen molar-refractivity contribution in [2.24, 2.45) is 16.8 Å². The van der Waals surface area contributed by atoms with E-state index in [4.69, 9.17) is 5.73 Å². The smallest absolute Gasteiger partial charge is 0.332 e. The molecule has 0 aliphatic heterocycles. The molecule has 4 nitrogen and oxygen atoms in total. The van der Waals surface area contributed by atoms with Gasteiger partial charge >= 0.3 is 6.03 Å². The van der Waals surface area contributed by atoms with Gasteiger partial charge < -0.3 is 5.73 Å². The van der Waals surface area contributed by atoms with Gasteiger partial charge in [-0.2, -0.15) is 5.10 Å². The van der Waals surface area contributed by atoms with Gasteiger partial charge in [0, 0.05) is 6.21 Å². The van der Waals surface area contributed by atoms with E-state index in [-0.39, 0.29) is 0 Å². The molecule has 0 radical (unpaired) electrons. The summed E-state index contributed by atoms with van der Waals surface area (Å²) in [6.45, 7) is 2.13. The number of urea groups is 1. The van der Waals surface area contributed by atoms with Crippen molar-refractivity contribution in [3.05, 3.63) is 11.6 Å². The fraction of sp³-hybridized carbons (Fsp3) is 0.556. The lowest BCUT2D eigenvalue weighted by Gasteiger charge is -2.15. The number of hydrogen-bond donors (Lipinski definition) is 2. The maximum absolute atomic E-state index is 10.3. The highest BCUT2D eigenvalue weighted by Crippen LogP contribution is 2.21. The van der Waals surface area contributed by atoms with Gasteiger partial charge in [-0.15, -0.1) is 0 Å². The molecule has 0 aromatic carbocycles. The van der Waals surface area contributed by atoms with Crippen LogP contribution in [0.1, 0.15) is 26.2 Å². The molecule has 1 aliphatic carbocycles. The van der Waals surface area contributed by atoms with Crippen LogP contribution in [0.3, 0.4) is 0 Å². The third-order valence-corrected chi connectivity index (χ3v) is 2.14. The lowest BCUT2D eigenvalue weighted by Crippen LogP contribution is -2.25. The summed E-state index contributed by atoms with van der Waals surface area (Å²) in [5, 5.41) is 3.74. The molecule has 0 saturated carbocycles. The lowest BCUT2D eigenvalue weighted by atomic mass is 9.91. The Labute approximate surface area is 77.9 Å². The second-order valence-corrected chi connectivity index (χ2v) is 3.34. The number of hydrogen-bond acceptors (Lipinski definition) is 2. The zero-order valence-electron chi connectivity index (χ0n) is 7.79. The molecule has 1 rings (SSSR count). The molecule has 2 amide bonds. The normalized spacial score (nSPS) is 22.8. The maximum atomic E-state index is 10.3. The van der Waals surface area contributed by atoms with Crippen LogP contribution in [0.2, 0.25) is 0 Å². The number of rotatable bonds is 2. The summed E-state index contributed by atoms with van der Waals surface area (Å²) in [7, 11) is 0. The standard InChI is InChI=1S/C9H15N3O/c1-7-2-4-8(5-3-7)6-11-12-9(10)13/h2,6,8H,3-5H2,1H3,(H3,10,12,13). The zero-order valence-corrected chi connectivity index (χ0v) is 7.79. The fourth-order valence-corrected chi connectivity index (χ4v) is 1.33. The SMILES string of the molecule is CC1=CCC(C=NNC(N)=O)CC1. The Morgan fingerprint density at radius 2 is 2.62 bits per heavy atom. The first-order valence-electron chi connectivity index (χ1n) is 4.42. The highest BCUT2D eigenvalue weighted by atomic mass is 16.2. The van der Waals surface area contributed by atoms with Gasteiger partial charge in [0.15, 0.2) is 0 Å². The molecule has 0 aromatic rings. The molecule has 0 saturated heterocycles. The molecular weight excluding hydrogens is 166 g/mol. The van der Waals surface area contributed by atoms with Crippen LogP contribution in [0, 0.1) is 5.92 Å². The lowest BCUT2D eigenvalue weighted by molar-refractivity contribution is 0.249. The van der Waals surface area contributed by atoms with E-state index in [1.807, 2.05) is 0 Å². The number of nitrogens with one attached hydrogen (secondary N) is 1. The van der Waals surface area contributed by atoms with Crippen molar-refractivity contribution in [2.75, 3.05) is 0 Å². The molecule has 0 fully saturated rings. The van der Waals surface area contributed by atoms with Gasteiger partial charge in [-0.25, -0.2) is 10.2 Å². The third-order valence-electron chi connectivity index (χ3n) is 2.14. The number of amides is 2. The first-order chi connectivity index (χ1) is 6.18. The van der Waals surface area contributed by atoms with Gasteiger partial charge in [-0.3, -0.25) is 0 Å². The van der Waals surface area contributed by atoms with Crippen molar-refractivity contribution >= 4 is 12.2 Å². The van der Waals surface area contributed by atoms with Gasteiger partial charge in [0.25, 0.3) is 0 Å².